The van der Waals surface area contributed by atoms with E-state index < -0.39 is 0 Å². The highest BCUT2D eigenvalue weighted by molar-refractivity contribution is 5.90. The van der Waals surface area contributed by atoms with Gasteiger partial charge in [0.05, 0.1) is 24.8 Å². The fourth-order valence-corrected chi connectivity index (χ4v) is 2.27. The Hall–Kier alpha value is -2.50. The topological polar surface area (TPSA) is 69.4 Å². The Morgan fingerprint density at radius 3 is 2.75 bits per heavy atom. The molecule has 0 aliphatic rings. The smallest absolute Gasteiger partial charge is 0.314 e. The summed E-state index contributed by atoms with van der Waals surface area (Å²) in [6.45, 7) is 8.58. The van der Waals surface area contributed by atoms with Gasteiger partial charge in [-0.25, -0.2) is 9.67 Å². The van der Waals surface area contributed by atoms with Gasteiger partial charge in [0.25, 0.3) is 0 Å². The zero-order valence-electron chi connectivity index (χ0n) is 14.7. The van der Waals surface area contributed by atoms with Crippen molar-refractivity contribution in [2.75, 3.05) is 6.61 Å². The van der Waals surface area contributed by atoms with E-state index in [1.54, 1.807) is 13.1 Å². The number of rotatable bonds is 7. The van der Waals surface area contributed by atoms with Gasteiger partial charge in [-0.15, -0.1) is 0 Å². The maximum Gasteiger partial charge on any atom is 0.314 e. The maximum absolute atomic E-state index is 11.9. The van der Waals surface area contributed by atoms with Crippen LogP contribution in [0, 0.1) is 19.8 Å². The van der Waals surface area contributed by atoms with Crippen molar-refractivity contribution >= 4 is 18.0 Å². The fraction of sp³-hybridized carbons (Fsp3) is 0.444. The molecule has 0 fully saturated rings. The van der Waals surface area contributed by atoms with Crippen molar-refractivity contribution in [2.24, 2.45) is 10.9 Å². The average Bonchev–Trinajstić information content (AvgIpc) is 2.90. The van der Waals surface area contributed by atoms with E-state index in [2.05, 4.69) is 15.1 Å². The van der Waals surface area contributed by atoms with Crippen molar-refractivity contribution in [3.8, 4) is 0 Å². The van der Waals surface area contributed by atoms with E-state index >= 15 is 0 Å². The van der Waals surface area contributed by atoms with Crippen LogP contribution in [0.4, 0.5) is 5.82 Å². The van der Waals surface area contributed by atoms with Gasteiger partial charge in [-0.3, -0.25) is 9.78 Å². The first-order valence-electron chi connectivity index (χ1n) is 8.20. The number of ether oxygens (including phenoxy) is 1. The van der Waals surface area contributed by atoms with Gasteiger partial charge in [-0.05, 0) is 38.8 Å². The Morgan fingerprint density at radius 1 is 1.33 bits per heavy atom. The molecule has 0 saturated carbocycles. The third-order valence-electron chi connectivity index (χ3n) is 3.60. The molecule has 128 valence electrons. The second-order valence-electron chi connectivity index (χ2n) is 5.65. The van der Waals surface area contributed by atoms with Crippen LogP contribution in [0.1, 0.15) is 37.2 Å². The molecule has 2 heterocycles. The zero-order valence-corrected chi connectivity index (χ0v) is 14.7. The minimum absolute atomic E-state index is 0.241. The van der Waals surface area contributed by atoms with E-state index in [4.69, 9.17) is 4.74 Å². The minimum atomic E-state index is -0.338. The standard InChI is InChI=1S/C18H24N4O2/c1-5-16(18(23)24-6-2)11-20-17-9-14(4)21-22(17)12-15-8-7-13(3)19-10-15/h7-11,16H,5-6,12H2,1-4H3. The molecule has 0 aromatic carbocycles. The molecule has 0 aliphatic carbocycles. The van der Waals surface area contributed by atoms with Crippen LogP contribution in [0.5, 0.6) is 0 Å². The van der Waals surface area contributed by atoms with Crippen molar-refractivity contribution < 1.29 is 9.53 Å². The van der Waals surface area contributed by atoms with E-state index in [1.165, 1.54) is 0 Å². The van der Waals surface area contributed by atoms with Gasteiger partial charge in [0.2, 0.25) is 0 Å². The maximum atomic E-state index is 11.9. The lowest BCUT2D eigenvalue weighted by atomic mass is 10.1. The summed E-state index contributed by atoms with van der Waals surface area (Å²) in [5, 5.41) is 4.47. The first-order valence-corrected chi connectivity index (χ1v) is 8.20. The van der Waals surface area contributed by atoms with Crippen molar-refractivity contribution in [1.82, 2.24) is 14.8 Å². The third-order valence-corrected chi connectivity index (χ3v) is 3.60. The first-order chi connectivity index (χ1) is 11.5. The van der Waals surface area contributed by atoms with E-state index in [0.29, 0.717) is 19.6 Å². The predicted molar refractivity (Wildman–Crippen MR) is 93.6 cm³/mol. The first kappa shape index (κ1) is 17.8. The van der Waals surface area contributed by atoms with Gasteiger partial charge in [0.15, 0.2) is 5.82 Å². The quantitative estimate of drug-likeness (QED) is 0.578. The second-order valence-corrected chi connectivity index (χ2v) is 5.65. The summed E-state index contributed by atoms with van der Waals surface area (Å²) in [7, 11) is 0. The summed E-state index contributed by atoms with van der Waals surface area (Å²) in [5.74, 6) is 0.139. The molecular formula is C18H24N4O2. The molecule has 0 N–H and O–H groups in total. The van der Waals surface area contributed by atoms with Gasteiger partial charge in [-0.1, -0.05) is 13.0 Å². The van der Waals surface area contributed by atoms with Crippen LogP contribution in [0.25, 0.3) is 0 Å². The molecule has 24 heavy (non-hydrogen) atoms. The Balaban J connectivity index is 2.17. The van der Waals surface area contributed by atoms with E-state index in [0.717, 1.165) is 22.8 Å². The summed E-state index contributed by atoms with van der Waals surface area (Å²) in [6, 6.07) is 5.90. The molecule has 0 aliphatic heterocycles. The van der Waals surface area contributed by atoms with Crippen molar-refractivity contribution in [3.63, 3.8) is 0 Å². The lowest BCUT2D eigenvalue weighted by Gasteiger charge is -2.08. The fourth-order valence-electron chi connectivity index (χ4n) is 2.27. The molecule has 6 nitrogen and oxygen atoms in total. The summed E-state index contributed by atoms with van der Waals surface area (Å²) >= 11 is 0. The van der Waals surface area contributed by atoms with Crippen LogP contribution in [0.2, 0.25) is 0 Å². The zero-order chi connectivity index (χ0) is 17.5. The molecule has 6 heteroatoms. The van der Waals surface area contributed by atoms with Crippen LogP contribution < -0.4 is 0 Å². The Labute approximate surface area is 142 Å². The number of aryl methyl sites for hydroxylation is 2. The predicted octanol–water partition coefficient (Wildman–Crippen LogP) is 3.23. The summed E-state index contributed by atoms with van der Waals surface area (Å²) in [4.78, 5) is 20.6. The van der Waals surface area contributed by atoms with Crippen molar-refractivity contribution in [3.05, 3.63) is 41.3 Å². The lowest BCUT2D eigenvalue weighted by molar-refractivity contribution is -0.145. The second kappa shape index (κ2) is 8.38. The SMILES string of the molecule is CCOC(=O)C(C=Nc1cc(C)nn1Cc1ccc(C)nc1)CC. The Kier molecular flexibility index (Phi) is 6.23. The third kappa shape index (κ3) is 4.75. The number of carbonyl (C=O) groups is 1. The summed E-state index contributed by atoms with van der Waals surface area (Å²) in [5.41, 5.74) is 2.91. The van der Waals surface area contributed by atoms with Gasteiger partial charge < -0.3 is 4.74 Å². The van der Waals surface area contributed by atoms with E-state index in [9.17, 15) is 4.79 Å². The summed E-state index contributed by atoms with van der Waals surface area (Å²) in [6.07, 6.45) is 4.14. The molecule has 0 spiro atoms. The van der Waals surface area contributed by atoms with Crippen molar-refractivity contribution in [2.45, 2.75) is 40.7 Å². The number of pyridine rings is 1. The van der Waals surface area contributed by atoms with Crippen LogP contribution in [0.15, 0.2) is 29.4 Å². The van der Waals surface area contributed by atoms with Gasteiger partial charge >= 0.3 is 5.97 Å². The van der Waals surface area contributed by atoms with Crippen LogP contribution in [0.3, 0.4) is 0 Å². The Morgan fingerprint density at radius 2 is 2.12 bits per heavy atom. The number of aliphatic imine (C=N–C) groups is 1. The Bertz CT molecular complexity index is 704. The normalized spacial score (nSPS) is 12.5. The van der Waals surface area contributed by atoms with E-state index in [-0.39, 0.29) is 11.9 Å². The number of hydrogen-bond donors (Lipinski definition) is 0. The molecular weight excluding hydrogens is 304 g/mol. The van der Waals surface area contributed by atoms with Crippen LogP contribution in [-0.2, 0) is 16.1 Å². The molecule has 0 bridgehead atoms. The molecule has 2 rings (SSSR count). The lowest BCUT2D eigenvalue weighted by Crippen LogP contribution is -2.18. The monoisotopic (exact) mass is 328 g/mol. The van der Waals surface area contributed by atoms with Gasteiger partial charge in [0.1, 0.15) is 0 Å². The summed E-state index contributed by atoms with van der Waals surface area (Å²) < 4.78 is 6.88. The highest BCUT2D eigenvalue weighted by atomic mass is 16.5. The molecule has 2 aromatic heterocycles. The molecule has 0 amide bonds. The number of nitrogens with zero attached hydrogens (tertiary/aromatic N) is 4. The molecule has 0 radical (unpaired) electrons. The highest BCUT2D eigenvalue weighted by Crippen LogP contribution is 2.17. The largest absolute Gasteiger partial charge is 0.465 e. The number of carbonyl (C=O) groups excluding carboxylic acids is 1. The minimum Gasteiger partial charge on any atom is -0.465 e. The average molecular weight is 328 g/mol. The molecule has 0 saturated heterocycles. The van der Waals surface area contributed by atoms with Crippen LogP contribution in [-0.4, -0.2) is 33.6 Å². The van der Waals surface area contributed by atoms with Gasteiger partial charge in [0, 0.05) is 24.2 Å². The van der Waals surface area contributed by atoms with Crippen LogP contribution >= 0.6 is 0 Å². The molecule has 1 atom stereocenters. The molecule has 1 unspecified atom stereocenters. The van der Waals surface area contributed by atoms with Gasteiger partial charge in [-0.2, -0.15) is 5.10 Å². The van der Waals surface area contributed by atoms with E-state index in [1.807, 2.05) is 49.8 Å². The highest BCUT2D eigenvalue weighted by Gasteiger charge is 2.15. The van der Waals surface area contributed by atoms with Crippen molar-refractivity contribution in [1.29, 1.82) is 0 Å². The molecule has 2 aromatic rings. The number of hydrogen-bond acceptors (Lipinski definition) is 5. The number of aromatic nitrogens is 3. The number of esters is 1.